The SMILES string of the molecule is C[C@H]1CC[C@@H](C)[C@H]2[C@@H](COC1)C[C@H]1[C@@H]3CC=C4C[C@@H](OC(=O)OCCN(CCO)CCO)CC[C@]4(C)[C@H]3CC[C@]21C. The zero-order chi connectivity index (χ0) is 29.2. The maximum Gasteiger partial charge on any atom is 0.508 e. The van der Waals surface area contributed by atoms with Gasteiger partial charge in [0.25, 0.3) is 0 Å². The molecule has 0 aromatic heterocycles. The predicted octanol–water partition coefficient (Wildman–Crippen LogP) is 5.68. The average molecular weight is 576 g/mol. The van der Waals surface area contributed by atoms with Crippen LogP contribution in [0.2, 0.25) is 0 Å². The van der Waals surface area contributed by atoms with Gasteiger partial charge in [0.2, 0.25) is 0 Å². The van der Waals surface area contributed by atoms with E-state index in [-0.39, 0.29) is 31.3 Å². The van der Waals surface area contributed by atoms with Crippen LogP contribution < -0.4 is 0 Å². The Morgan fingerprint density at radius 1 is 1.02 bits per heavy atom. The molecule has 4 fully saturated rings. The van der Waals surface area contributed by atoms with Gasteiger partial charge >= 0.3 is 6.16 Å². The molecule has 5 aliphatic rings. The number of carbonyl (C=O) groups is 1. The highest BCUT2D eigenvalue weighted by atomic mass is 16.7. The summed E-state index contributed by atoms with van der Waals surface area (Å²) < 4.78 is 17.5. The minimum Gasteiger partial charge on any atom is -0.433 e. The molecular formula is C34H57NO6. The molecule has 0 aromatic rings. The molecule has 7 heteroatoms. The zero-order valence-corrected chi connectivity index (χ0v) is 26.2. The van der Waals surface area contributed by atoms with Crippen molar-refractivity contribution in [1.82, 2.24) is 4.90 Å². The molecule has 0 bridgehead atoms. The van der Waals surface area contributed by atoms with E-state index in [2.05, 4.69) is 33.8 Å². The summed E-state index contributed by atoms with van der Waals surface area (Å²) in [5.74, 6) is 5.21. The minimum atomic E-state index is -0.601. The molecule has 0 unspecified atom stereocenters. The molecule has 0 spiro atoms. The fraction of sp³-hybridized carbons (Fsp3) is 0.912. The van der Waals surface area contributed by atoms with Gasteiger partial charge in [0, 0.05) is 39.3 Å². The van der Waals surface area contributed by atoms with Gasteiger partial charge in [-0.1, -0.05) is 45.8 Å². The van der Waals surface area contributed by atoms with E-state index >= 15 is 0 Å². The van der Waals surface area contributed by atoms with Crippen LogP contribution in [0, 0.1) is 52.3 Å². The standard InChI is InChI=1S/C34H57NO6/c1-23-5-6-24(2)31-25(22-39-21-23)19-30-28-8-7-26-20-27(9-11-33(26,3)29(28)10-12-34(30,31)4)41-32(38)40-18-15-35(13-16-36)14-17-37/h7,23-25,27-31,36-37H,5-6,8-22H2,1-4H3/t23-,24+,25+,27-,28+,29-,30-,31-,33-,34-/m0/s1. The van der Waals surface area contributed by atoms with Crippen LogP contribution in [-0.2, 0) is 14.2 Å². The molecule has 3 saturated carbocycles. The third kappa shape index (κ3) is 6.39. The van der Waals surface area contributed by atoms with E-state index in [1.54, 1.807) is 0 Å². The van der Waals surface area contributed by atoms with Crippen molar-refractivity contribution in [2.45, 2.75) is 91.6 Å². The smallest absolute Gasteiger partial charge is 0.433 e. The van der Waals surface area contributed by atoms with Crippen molar-refractivity contribution in [1.29, 1.82) is 0 Å². The number of ether oxygens (including phenoxy) is 3. The lowest BCUT2D eigenvalue weighted by Gasteiger charge is -2.58. The van der Waals surface area contributed by atoms with Crippen LogP contribution >= 0.6 is 0 Å². The second-order valence-electron chi connectivity index (χ2n) is 14.9. The van der Waals surface area contributed by atoms with Crippen molar-refractivity contribution in [3.63, 3.8) is 0 Å². The summed E-state index contributed by atoms with van der Waals surface area (Å²) >= 11 is 0. The highest BCUT2D eigenvalue weighted by Crippen LogP contribution is 2.68. The molecule has 234 valence electrons. The third-order valence-corrected chi connectivity index (χ3v) is 12.5. The molecular weight excluding hydrogens is 518 g/mol. The molecule has 1 aliphatic heterocycles. The molecule has 41 heavy (non-hydrogen) atoms. The van der Waals surface area contributed by atoms with E-state index in [4.69, 9.17) is 24.4 Å². The van der Waals surface area contributed by atoms with Crippen LogP contribution in [0.1, 0.15) is 85.5 Å². The monoisotopic (exact) mass is 575 g/mol. The first-order chi connectivity index (χ1) is 19.7. The molecule has 0 aromatic carbocycles. The van der Waals surface area contributed by atoms with Gasteiger partial charge in [-0.25, -0.2) is 4.79 Å². The quantitative estimate of drug-likeness (QED) is 0.284. The van der Waals surface area contributed by atoms with E-state index in [9.17, 15) is 4.79 Å². The molecule has 10 atom stereocenters. The van der Waals surface area contributed by atoms with Crippen LogP contribution in [0.4, 0.5) is 4.79 Å². The van der Waals surface area contributed by atoms with E-state index in [1.165, 1.54) is 44.1 Å². The summed E-state index contributed by atoms with van der Waals surface area (Å²) in [6.07, 6.45) is 12.4. The van der Waals surface area contributed by atoms with Gasteiger partial charge in [-0.05, 0) is 97.2 Å². The molecule has 5 rings (SSSR count). The number of nitrogens with zero attached hydrogens (tertiary/aromatic N) is 1. The third-order valence-electron chi connectivity index (χ3n) is 12.5. The summed E-state index contributed by atoms with van der Waals surface area (Å²) in [5, 5.41) is 18.3. The maximum atomic E-state index is 12.5. The van der Waals surface area contributed by atoms with Crippen LogP contribution in [-0.4, -0.2) is 80.0 Å². The van der Waals surface area contributed by atoms with Crippen LogP contribution in [0.5, 0.6) is 0 Å². The van der Waals surface area contributed by atoms with E-state index in [1.807, 2.05) is 4.90 Å². The summed E-state index contributed by atoms with van der Waals surface area (Å²) in [6.45, 7) is 13.5. The second-order valence-corrected chi connectivity index (χ2v) is 14.9. The Kier molecular flexibility index (Phi) is 10.1. The largest absolute Gasteiger partial charge is 0.508 e. The van der Waals surface area contributed by atoms with Gasteiger partial charge in [-0.15, -0.1) is 0 Å². The van der Waals surface area contributed by atoms with E-state index < -0.39 is 6.16 Å². The van der Waals surface area contributed by atoms with Crippen molar-refractivity contribution in [2.24, 2.45) is 52.3 Å². The van der Waals surface area contributed by atoms with Gasteiger partial charge in [0.15, 0.2) is 0 Å². The van der Waals surface area contributed by atoms with Crippen molar-refractivity contribution >= 4 is 6.16 Å². The number of aliphatic hydroxyl groups excluding tert-OH is 2. The number of rotatable bonds is 8. The number of fused-ring (bicyclic) bond motifs is 7. The number of aliphatic hydroxyl groups is 2. The predicted molar refractivity (Wildman–Crippen MR) is 159 cm³/mol. The molecule has 0 amide bonds. The highest BCUT2D eigenvalue weighted by molar-refractivity contribution is 5.60. The Balaban J connectivity index is 1.20. The van der Waals surface area contributed by atoms with Crippen molar-refractivity contribution < 1.29 is 29.2 Å². The van der Waals surface area contributed by atoms with Gasteiger partial charge < -0.3 is 24.4 Å². The number of carbonyl (C=O) groups excluding carboxylic acids is 1. The number of hydrogen-bond donors (Lipinski definition) is 2. The van der Waals surface area contributed by atoms with E-state index in [0.717, 1.165) is 62.1 Å². The first-order valence-corrected chi connectivity index (χ1v) is 16.7. The van der Waals surface area contributed by atoms with Gasteiger partial charge in [0.05, 0.1) is 13.2 Å². The molecule has 7 nitrogen and oxygen atoms in total. The molecule has 1 heterocycles. The van der Waals surface area contributed by atoms with Crippen molar-refractivity contribution in [3.8, 4) is 0 Å². The topological polar surface area (TPSA) is 88.5 Å². The minimum absolute atomic E-state index is 0.0102. The Hall–Kier alpha value is -1.15. The first kappa shape index (κ1) is 31.3. The number of allylic oxidation sites excluding steroid dienone is 1. The molecule has 2 N–H and O–H groups in total. The fourth-order valence-electron chi connectivity index (χ4n) is 10.5. The normalized spacial score (nSPS) is 42.5. The summed E-state index contributed by atoms with van der Waals surface area (Å²) in [7, 11) is 0. The number of hydrogen-bond acceptors (Lipinski definition) is 7. The summed E-state index contributed by atoms with van der Waals surface area (Å²) in [5.41, 5.74) is 2.15. The van der Waals surface area contributed by atoms with E-state index in [0.29, 0.717) is 36.9 Å². The van der Waals surface area contributed by atoms with Gasteiger partial charge in [-0.2, -0.15) is 0 Å². The Bertz CT molecular complexity index is 919. The van der Waals surface area contributed by atoms with Gasteiger partial charge in [-0.3, -0.25) is 4.90 Å². The first-order valence-electron chi connectivity index (χ1n) is 16.7. The van der Waals surface area contributed by atoms with Crippen LogP contribution in [0.25, 0.3) is 0 Å². The van der Waals surface area contributed by atoms with Crippen LogP contribution in [0.15, 0.2) is 11.6 Å². The van der Waals surface area contributed by atoms with Crippen LogP contribution in [0.3, 0.4) is 0 Å². The summed E-state index contributed by atoms with van der Waals surface area (Å²) in [4.78, 5) is 14.4. The zero-order valence-electron chi connectivity index (χ0n) is 26.2. The average Bonchev–Trinajstić information content (AvgIpc) is 3.26. The van der Waals surface area contributed by atoms with Gasteiger partial charge in [0.1, 0.15) is 12.7 Å². The Labute approximate surface area is 248 Å². The maximum absolute atomic E-state index is 12.5. The molecule has 4 aliphatic carbocycles. The lowest BCUT2D eigenvalue weighted by Crippen LogP contribution is -2.51. The van der Waals surface area contributed by atoms with Crippen molar-refractivity contribution in [3.05, 3.63) is 11.6 Å². The lowest BCUT2D eigenvalue weighted by atomic mass is 9.47. The molecule has 0 radical (unpaired) electrons. The Morgan fingerprint density at radius 2 is 1.80 bits per heavy atom. The Morgan fingerprint density at radius 3 is 2.56 bits per heavy atom. The molecule has 1 saturated heterocycles. The fourth-order valence-corrected chi connectivity index (χ4v) is 10.5. The summed E-state index contributed by atoms with van der Waals surface area (Å²) in [6, 6.07) is 0. The van der Waals surface area contributed by atoms with Crippen molar-refractivity contribution in [2.75, 3.05) is 52.7 Å². The second kappa shape index (κ2) is 13.2. The highest BCUT2D eigenvalue weighted by Gasteiger charge is 2.61. The lowest BCUT2D eigenvalue weighted by molar-refractivity contribution is -0.0638.